The summed E-state index contributed by atoms with van der Waals surface area (Å²) < 4.78 is 0. The lowest BCUT2D eigenvalue weighted by Gasteiger charge is -2.20. The van der Waals surface area contributed by atoms with Crippen LogP contribution in [0.15, 0.2) is 107 Å². The molecule has 0 fully saturated rings. The first-order chi connectivity index (χ1) is 17.3. The maximum atomic E-state index is 5.91. The molecule has 4 rings (SSSR count). The molecule has 35 heavy (non-hydrogen) atoms. The largest absolute Gasteiger partial charge is 0.395 e. The van der Waals surface area contributed by atoms with Crippen molar-refractivity contribution in [1.29, 1.82) is 0 Å². The number of nitrogens with zero attached hydrogens (tertiary/aromatic N) is 2. The highest BCUT2D eigenvalue weighted by Crippen LogP contribution is 2.24. The van der Waals surface area contributed by atoms with Crippen molar-refractivity contribution in [3.8, 4) is 0 Å². The Balaban J connectivity index is 1.42. The summed E-state index contributed by atoms with van der Waals surface area (Å²) in [6.07, 6.45) is 4.16. The van der Waals surface area contributed by atoms with E-state index >= 15 is 0 Å². The van der Waals surface area contributed by atoms with Gasteiger partial charge in [-0.25, -0.2) is 0 Å². The predicted molar refractivity (Wildman–Crippen MR) is 150 cm³/mol. The van der Waals surface area contributed by atoms with Crippen LogP contribution in [-0.4, -0.2) is 36.6 Å². The van der Waals surface area contributed by atoms with Crippen LogP contribution in [0.25, 0.3) is 10.8 Å². The lowest BCUT2D eigenvalue weighted by molar-refractivity contribution is 0.136. The zero-order chi connectivity index (χ0) is 24.3. The SMILES string of the molecule is CCN(CCCCO/N=C(/c1ccc(SC)cc1)c1cccc2ccccc12)Cc1ccccc1. The maximum absolute atomic E-state index is 5.91. The molecule has 0 saturated heterocycles. The second kappa shape index (κ2) is 13.1. The number of rotatable bonds is 12. The van der Waals surface area contributed by atoms with Crippen LogP contribution in [0.5, 0.6) is 0 Å². The molecule has 0 heterocycles. The molecular formula is C31H34N2OS. The van der Waals surface area contributed by atoms with E-state index in [0.29, 0.717) is 6.61 Å². The summed E-state index contributed by atoms with van der Waals surface area (Å²) in [5, 5.41) is 7.06. The van der Waals surface area contributed by atoms with Crippen LogP contribution in [0.4, 0.5) is 0 Å². The maximum Gasteiger partial charge on any atom is 0.117 e. The van der Waals surface area contributed by atoms with E-state index in [0.717, 1.165) is 49.3 Å². The topological polar surface area (TPSA) is 24.8 Å². The molecule has 4 aromatic carbocycles. The van der Waals surface area contributed by atoms with Crippen molar-refractivity contribution < 1.29 is 4.84 Å². The third kappa shape index (κ3) is 6.97. The van der Waals surface area contributed by atoms with Crippen LogP contribution in [0.1, 0.15) is 36.5 Å². The molecule has 4 heteroatoms. The Bertz CT molecular complexity index is 1220. The van der Waals surface area contributed by atoms with E-state index in [4.69, 9.17) is 4.84 Å². The van der Waals surface area contributed by atoms with E-state index < -0.39 is 0 Å². The number of hydrogen-bond donors (Lipinski definition) is 0. The summed E-state index contributed by atoms with van der Waals surface area (Å²) in [4.78, 5) is 9.63. The summed E-state index contributed by atoms with van der Waals surface area (Å²) in [6, 6.07) is 34.1. The van der Waals surface area contributed by atoms with Crippen LogP contribution in [-0.2, 0) is 11.4 Å². The zero-order valence-corrected chi connectivity index (χ0v) is 21.5. The van der Waals surface area contributed by atoms with Crippen molar-refractivity contribution in [1.82, 2.24) is 4.90 Å². The van der Waals surface area contributed by atoms with Gasteiger partial charge in [-0.3, -0.25) is 4.90 Å². The van der Waals surface area contributed by atoms with Gasteiger partial charge in [0.1, 0.15) is 12.3 Å². The fraction of sp³-hybridized carbons (Fsp3) is 0.258. The smallest absolute Gasteiger partial charge is 0.117 e. The van der Waals surface area contributed by atoms with E-state index in [9.17, 15) is 0 Å². The van der Waals surface area contributed by atoms with Gasteiger partial charge < -0.3 is 4.84 Å². The average molecular weight is 483 g/mol. The number of oxime groups is 1. The molecule has 0 unspecified atom stereocenters. The standard InChI is InChI=1S/C31H34N2OS/c1-3-33(24-25-12-5-4-6-13-25)22-9-10-23-34-32-31(27-18-20-28(35-2)21-19-27)30-17-11-15-26-14-7-8-16-29(26)30/h4-8,11-21H,3,9-10,22-24H2,1-2H3/b32-31-. The van der Waals surface area contributed by atoms with E-state index in [1.807, 2.05) is 0 Å². The molecule has 0 N–H and O–H groups in total. The van der Waals surface area contributed by atoms with Gasteiger partial charge in [0.2, 0.25) is 0 Å². The number of benzene rings is 4. The van der Waals surface area contributed by atoms with Crippen molar-refractivity contribution in [2.24, 2.45) is 5.16 Å². The summed E-state index contributed by atoms with van der Waals surface area (Å²) in [6.45, 7) is 5.94. The first-order valence-electron chi connectivity index (χ1n) is 12.4. The third-order valence-electron chi connectivity index (χ3n) is 6.22. The fourth-order valence-corrected chi connectivity index (χ4v) is 4.65. The van der Waals surface area contributed by atoms with Gasteiger partial charge in [0.05, 0.1) is 0 Å². The Morgan fingerprint density at radius 1 is 0.829 bits per heavy atom. The highest BCUT2D eigenvalue weighted by molar-refractivity contribution is 7.98. The number of thioether (sulfide) groups is 1. The van der Waals surface area contributed by atoms with Crippen molar-refractivity contribution >= 4 is 28.2 Å². The Morgan fingerprint density at radius 2 is 1.57 bits per heavy atom. The Hall–Kier alpha value is -3.08. The van der Waals surface area contributed by atoms with Gasteiger partial charge in [-0.1, -0.05) is 97.0 Å². The molecule has 0 atom stereocenters. The highest BCUT2D eigenvalue weighted by Gasteiger charge is 2.12. The minimum absolute atomic E-state index is 0.611. The molecule has 0 aromatic heterocycles. The van der Waals surface area contributed by atoms with Gasteiger partial charge >= 0.3 is 0 Å². The Labute approximate surface area is 213 Å². The van der Waals surface area contributed by atoms with Crippen LogP contribution in [0, 0.1) is 0 Å². The zero-order valence-electron chi connectivity index (χ0n) is 20.7. The van der Waals surface area contributed by atoms with E-state index in [1.165, 1.54) is 21.2 Å². The molecule has 0 aliphatic rings. The molecule has 0 radical (unpaired) electrons. The van der Waals surface area contributed by atoms with Crippen LogP contribution >= 0.6 is 11.8 Å². The van der Waals surface area contributed by atoms with Gasteiger partial charge in [0, 0.05) is 22.6 Å². The summed E-state index contributed by atoms with van der Waals surface area (Å²) >= 11 is 1.74. The fourth-order valence-electron chi connectivity index (χ4n) is 4.24. The number of fused-ring (bicyclic) bond motifs is 1. The second-order valence-electron chi connectivity index (χ2n) is 8.59. The molecule has 0 aliphatic carbocycles. The summed E-state index contributed by atoms with van der Waals surface area (Å²) in [7, 11) is 0. The molecule has 0 saturated carbocycles. The predicted octanol–water partition coefficient (Wildman–Crippen LogP) is 7.63. The van der Waals surface area contributed by atoms with Crippen molar-refractivity contribution in [2.75, 3.05) is 26.0 Å². The van der Waals surface area contributed by atoms with E-state index in [-0.39, 0.29) is 0 Å². The van der Waals surface area contributed by atoms with Gasteiger partial charge in [-0.2, -0.15) is 0 Å². The Kier molecular flexibility index (Phi) is 9.39. The first-order valence-corrected chi connectivity index (χ1v) is 13.6. The normalized spacial score (nSPS) is 11.8. The highest BCUT2D eigenvalue weighted by atomic mass is 32.2. The molecule has 0 amide bonds. The Morgan fingerprint density at radius 3 is 2.34 bits per heavy atom. The minimum atomic E-state index is 0.611. The second-order valence-corrected chi connectivity index (χ2v) is 9.47. The number of unbranched alkanes of at least 4 members (excludes halogenated alkanes) is 1. The van der Waals surface area contributed by atoms with Crippen LogP contribution in [0.3, 0.4) is 0 Å². The van der Waals surface area contributed by atoms with Gasteiger partial charge in [0.25, 0.3) is 0 Å². The summed E-state index contributed by atoms with van der Waals surface area (Å²) in [5.74, 6) is 0. The van der Waals surface area contributed by atoms with E-state index in [1.54, 1.807) is 11.8 Å². The monoisotopic (exact) mass is 482 g/mol. The van der Waals surface area contributed by atoms with Gasteiger partial charge in [-0.15, -0.1) is 11.8 Å². The summed E-state index contributed by atoms with van der Waals surface area (Å²) in [5.41, 5.74) is 4.41. The molecule has 180 valence electrons. The molecule has 3 nitrogen and oxygen atoms in total. The van der Waals surface area contributed by atoms with Crippen molar-refractivity contribution in [2.45, 2.75) is 31.2 Å². The van der Waals surface area contributed by atoms with Crippen LogP contribution < -0.4 is 0 Å². The first kappa shape index (κ1) is 25.0. The average Bonchev–Trinajstić information content (AvgIpc) is 2.92. The molecular weight excluding hydrogens is 448 g/mol. The molecule has 4 aromatic rings. The van der Waals surface area contributed by atoms with Gasteiger partial charge in [-0.05, 0) is 60.7 Å². The molecule has 0 spiro atoms. The molecule has 0 bridgehead atoms. The lowest BCUT2D eigenvalue weighted by Crippen LogP contribution is -2.24. The third-order valence-corrected chi connectivity index (χ3v) is 6.96. The minimum Gasteiger partial charge on any atom is -0.395 e. The van der Waals surface area contributed by atoms with Gasteiger partial charge in [0.15, 0.2) is 0 Å². The quantitative estimate of drug-likeness (QED) is 0.0898. The van der Waals surface area contributed by atoms with Crippen molar-refractivity contribution in [3.05, 3.63) is 114 Å². The lowest BCUT2D eigenvalue weighted by atomic mass is 9.97. The van der Waals surface area contributed by atoms with Crippen LogP contribution in [0.2, 0.25) is 0 Å². The van der Waals surface area contributed by atoms with Crippen molar-refractivity contribution in [3.63, 3.8) is 0 Å². The van der Waals surface area contributed by atoms with E-state index in [2.05, 4.69) is 120 Å². The molecule has 0 aliphatic heterocycles. The number of hydrogen-bond acceptors (Lipinski definition) is 4.